The monoisotopic (exact) mass is 324 g/mol. The fraction of sp³-hybridized carbons (Fsp3) is 0.385. The van der Waals surface area contributed by atoms with Crippen LogP contribution in [0.4, 0.5) is 0 Å². The second kappa shape index (κ2) is 7.14. The molecule has 1 aliphatic heterocycles. The number of nitrogens with zero attached hydrogens (tertiary/aromatic N) is 4. The van der Waals surface area contributed by atoms with Gasteiger partial charge in [0.2, 0.25) is 0 Å². The van der Waals surface area contributed by atoms with E-state index in [2.05, 4.69) is 5.10 Å². The number of ether oxygens (including phenoxy) is 1. The Balaban J connectivity index is 2.22. The number of guanidine groups is 1. The lowest BCUT2D eigenvalue weighted by molar-refractivity contribution is -0.486. The van der Waals surface area contributed by atoms with Crippen LogP contribution in [0, 0.1) is 10.1 Å². The number of carbonyl (C=O) groups is 1. The molecular weight excluding hydrogens is 308 g/mol. The molecule has 1 aromatic heterocycles. The maximum atomic E-state index is 12.3. The second-order valence-corrected chi connectivity index (χ2v) is 5.76. The van der Waals surface area contributed by atoms with Gasteiger partial charge in [-0.1, -0.05) is 6.07 Å². The van der Waals surface area contributed by atoms with Gasteiger partial charge in [0.15, 0.2) is 5.03 Å². The summed E-state index contributed by atoms with van der Waals surface area (Å²) in [6.45, 7) is 3.77. The van der Waals surface area contributed by atoms with Gasteiger partial charge in [-0.05, 0) is 31.4 Å². The maximum absolute atomic E-state index is 12.3. The largest absolute Gasteiger partial charge is 0.340 e. The molecule has 0 radical (unpaired) electrons. The summed E-state index contributed by atoms with van der Waals surface area (Å²) < 4.78 is 5.32. The molecule has 2 rings (SSSR count). The van der Waals surface area contributed by atoms with E-state index in [0.717, 1.165) is 9.78 Å². The first kappa shape index (κ1) is 16.1. The molecule has 9 heteroatoms. The minimum Gasteiger partial charge on any atom is -0.340 e. The molecule has 0 aromatic carbocycles. The summed E-state index contributed by atoms with van der Waals surface area (Å²) in [6.07, 6.45) is 3.01. The van der Waals surface area contributed by atoms with E-state index in [0.29, 0.717) is 0 Å². The summed E-state index contributed by atoms with van der Waals surface area (Å²) in [6, 6.07) is 3.66. The molecule has 1 aliphatic rings. The lowest BCUT2D eigenvalue weighted by Crippen LogP contribution is -2.55. The molecule has 0 spiro atoms. The van der Waals surface area contributed by atoms with Crippen molar-refractivity contribution in [1.29, 1.82) is 0 Å². The third kappa shape index (κ3) is 3.89. The molecule has 0 N–H and O–H groups in total. The molecule has 22 heavy (non-hydrogen) atoms. The summed E-state index contributed by atoms with van der Waals surface area (Å²) in [5, 5.41) is 15.2. The van der Waals surface area contributed by atoms with Crippen LogP contribution in [0.15, 0.2) is 28.7 Å². The number of hydrazone groups is 1. The molecule has 0 atom stereocenters. The van der Waals surface area contributed by atoms with Gasteiger partial charge >= 0.3 is 0 Å². The van der Waals surface area contributed by atoms with Gasteiger partial charge in [-0.15, -0.1) is 11.3 Å². The lowest BCUT2D eigenvalue weighted by Gasteiger charge is -2.37. The molecule has 1 amide bonds. The van der Waals surface area contributed by atoms with Crippen LogP contribution in [0.25, 0.3) is 6.08 Å². The van der Waals surface area contributed by atoms with Crippen molar-refractivity contribution in [2.24, 2.45) is 5.10 Å². The molecule has 2 heterocycles. The Morgan fingerprint density at radius 2 is 2.32 bits per heavy atom. The molecule has 1 saturated heterocycles. The van der Waals surface area contributed by atoms with Crippen molar-refractivity contribution < 1.29 is 14.6 Å². The number of nitro groups is 1. The van der Waals surface area contributed by atoms with E-state index in [1.54, 1.807) is 11.0 Å². The topological polar surface area (TPSA) is 88.3 Å². The Morgan fingerprint density at radius 3 is 2.91 bits per heavy atom. The van der Waals surface area contributed by atoms with E-state index in [9.17, 15) is 14.9 Å². The minimum atomic E-state index is -0.806. The van der Waals surface area contributed by atoms with Crippen LogP contribution >= 0.6 is 11.3 Å². The van der Waals surface area contributed by atoms with Crippen molar-refractivity contribution in [3.8, 4) is 0 Å². The van der Waals surface area contributed by atoms with Gasteiger partial charge in [0.05, 0.1) is 0 Å². The molecule has 118 valence electrons. The molecular formula is C13H16N4O4S. The zero-order valence-corrected chi connectivity index (χ0v) is 13.0. The minimum absolute atomic E-state index is 0.00733. The Kier molecular flexibility index (Phi) is 5.23. The SMILES string of the molecule is CC(C)N1COCN(C(=O)/C=C/c2cccs2)/C1=N/[N+](=O)[O-]. The summed E-state index contributed by atoms with van der Waals surface area (Å²) in [5.74, 6) is -0.425. The van der Waals surface area contributed by atoms with Gasteiger partial charge in [-0.2, -0.15) is 0 Å². The van der Waals surface area contributed by atoms with Crippen LogP contribution in [0.5, 0.6) is 0 Å². The number of thiophene rings is 1. The first-order valence-corrected chi connectivity index (χ1v) is 7.47. The van der Waals surface area contributed by atoms with E-state index >= 15 is 0 Å². The van der Waals surface area contributed by atoms with Gasteiger partial charge in [-0.3, -0.25) is 4.79 Å². The third-order valence-corrected chi connectivity index (χ3v) is 3.78. The summed E-state index contributed by atoms with van der Waals surface area (Å²) in [5.41, 5.74) is 0. The molecule has 0 bridgehead atoms. The molecule has 0 aliphatic carbocycles. The molecule has 1 fully saturated rings. The fourth-order valence-corrected chi connectivity index (χ4v) is 2.48. The summed E-state index contributed by atoms with van der Waals surface area (Å²) in [7, 11) is 0. The van der Waals surface area contributed by atoms with Crippen LogP contribution in [-0.4, -0.2) is 46.2 Å². The number of carbonyl (C=O) groups excluding carboxylic acids is 1. The van der Waals surface area contributed by atoms with Crippen LogP contribution in [0.3, 0.4) is 0 Å². The zero-order chi connectivity index (χ0) is 16.1. The smallest absolute Gasteiger partial charge is 0.284 e. The Hall–Kier alpha value is -2.26. The summed E-state index contributed by atoms with van der Waals surface area (Å²) in [4.78, 5) is 26.7. The Bertz CT molecular complexity index is 597. The van der Waals surface area contributed by atoms with E-state index in [1.807, 2.05) is 31.4 Å². The predicted molar refractivity (Wildman–Crippen MR) is 82.4 cm³/mol. The van der Waals surface area contributed by atoms with Gasteiger partial charge < -0.3 is 9.64 Å². The average Bonchev–Trinajstić information content (AvgIpc) is 2.97. The second-order valence-electron chi connectivity index (χ2n) is 4.78. The van der Waals surface area contributed by atoms with Crippen LogP contribution < -0.4 is 0 Å². The number of amides is 1. The third-order valence-electron chi connectivity index (χ3n) is 2.94. The zero-order valence-electron chi connectivity index (χ0n) is 12.2. The lowest BCUT2D eigenvalue weighted by atomic mass is 10.3. The number of hydrogen-bond acceptors (Lipinski definition) is 5. The van der Waals surface area contributed by atoms with Crippen molar-refractivity contribution in [1.82, 2.24) is 9.80 Å². The highest BCUT2D eigenvalue weighted by Crippen LogP contribution is 2.14. The van der Waals surface area contributed by atoms with Crippen molar-refractivity contribution >= 4 is 29.3 Å². The molecule has 0 unspecified atom stereocenters. The highest BCUT2D eigenvalue weighted by molar-refractivity contribution is 7.10. The van der Waals surface area contributed by atoms with Gasteiger partial charge in [0.25, 0.3) is 11.9 Å². The summed E-state index contributed by atoms with van der Waals surface area (Å²) >= 11 is 1.49. The fourth-order valence-electron chi connectivity index (χ4n) is 1.86. The highest BCUT2D eigenvalue weighted by Gasteiger charge is 2.32. The predicted octanol–water partition coefficient (Wildman–Crippen LogP) is 1.79. The van der Waals surface area contributed by atoms with Crippen LogP contribution in [0.2, 0.25) is 0 Å². The molecule has 8 nitrogen and oxygen atoms in total. The first-order chi connectivity index (χ1) is 10.5. The van der Waals surface area contributed by atoms with Crippen molar-refractivity contribution in [2.45, 2.75) is 19.9 Å². The van der Waals surface area contributed by atoms with E-state index in [1.165, 1.54) is 17.4 Å². The van der Waals surface area contributed by atoms with Gasteiger partial charge in [-0.25, -0.2) is 15.0 Å². The first-order valence-electron chi connectivity index (χ1n) is 6.59. The van der Waals surface area contributed by atoms with Crippen molar-refractivity contribution in [3.63, 3.8) is 0 Å². The number of rotatable bonds is 4. The van der Waals surface area contributed by atoms with Gasteiger partial charge in [0.1, 0.15) is 18.6 Å². The molecule has 0 saturated carbocycles. The standard InChI is InChI=1S/C13H16N4O4S/c1-10(2)15-8-21-9-16(13(15)14-17(19)20)12(18)6-5-11-4-3-7-22-11/h3-7,10H,8-9H2,1-2H3/b6-5+,14-13+. The molecule has 1 aromatic rings. The van der Waals surface area contributed by atoms with Crippen LogP contribution in [0.1, 0.15) is 18.7 Å². The normalized spacial score (nSPS) is 17.7. The maximum Gasteiger partial charge on any atom is 0.284 e. The van der Waals surface area contributed by atoms with Crippen LogP contribution in [-0.2, 0) is 9.53 Å². The van der Waals surface area contributed by atoms with E-state index in [-0.39, 0.29) is 25.5 Å². The highest BCUT2D eigenvalue weighted by atomic mass is 32.1. The average molecular weight is 324 g/mol. The Morgan fingerprint density at radius 1 is 1.55 bits per heavy atom. The Labute approximate surface area is 131 Å². The van der Waals surface area contributed by atoms with Crippen molar-refractivity contribution in [2.75, 3.05) is 13.5 Å². The van der Waals surface area contributed by atoms with E-state index in [4.69, 9.17) is 4.74 Å². The quantitative estimate of drug-likeness (QED) is 0.478. The van der Waals surface area contributed by atoms with Gasteiger partial charge in [0, 0.05) is 17.0 Å². The van der Waals surface area contributed by atoms with Crippen molar-refractivity contribution in [3.05, 3.63) is 38.6 Å². The van der Waals surface area contributed by atoms with E-state index < -0.39 is 10.9 Å². The number of hydrogen-bond donors (Lipinski definition) is 0.